The van der Waals surface area contributed by atoms with Gasteiger partial charge in [0, 0.05) is 6.92 Å². The van der Waals surface area contributed by atoms with Gasteiger partial charge in [0.15, 0.2) is 0 Å². The minimum absolute atomic E-state index is 0.116. The van der Waals surface area contributed by atoms with Gasteiger partial charge >= 0.3 is 11.9 Å². The zero-order valence-corrected chi connectivity index (χ0v) is 24.9. The van der Waals surface area contributed by atoms with Crippen molar-refractivity contribution in [3.05, 3.63) is 0 Å². The van der Waals surface area contributed by atoms with Gasteiger partial charge in [0.05, 0.1) is 12.5 Å². The van der Waals surface area contributed by atoms with E-state index in [1.54, 1.807) is 6.92 Å². The number of hydrogen-bond acceptors (Lipinski definition) is 3. The summed E-state index contributed by atoms with van der Waals surface area (Å²) in [5, 5.41) is 9.04. The molecule has 1 atom stereocenters. The highest BCUT2D eigenvalue weighted by molar-refractivity contribution is 5.69. The van der Waals surface area contributed by atoms with Crippen molar-refractivity contribution in [1.29, 1.82) is 0 Å². The van der Waals surface area contributed by atoms with Gasteiger partial charge in [0.2, 0.25) is 0 Å². The molecule has 0 amide bonds. The molecule has 0 aromatic rings. The van der Waals surface area contributed by atoms with Crippen LogP contribution in [0.15, 0.2) is 0 Å². The van der Waals surface area contributed by atoms with E-state index >= 15 is 0 Å². The third-order valence-electron chi connectivity index (χ3n) is 7.10. The molecule has 0 saturated carbocycles. The number of aliphatic carboxylic acids is 1. The summed E-state index contributed by atoms with van der Waals surface area (Å²) in [5.74, 6) is -0.936. The van der Waals surface area contributed by atoms with Gasteiger partial charge in [0.1, 0.15) is 0 Å². The van der Waals surface area contributed by atoms with E-state index in [1.807, 2.05) is 6.92 Å². The Hall–Kier alpha value is -1.06. The molecule has 4 nitrogen and oxygen atoms in total. The second-order valence-corrected chi connectivity index (χ2v) is 10.6. The molecular formula is C32H64O4. The molecule has 0 aromatic carbocycles. The first-order valence-electron chi connectivity index (χ1n) is 15.9. The summed E-state index contributed by atoms with van der Waals surface area (Å²) in [6.45, 7) is 7.93. The van der Waals surface area contributed by atoms with E-state index in [1.165, 1.54) is 142 Å². The highest BCUT2D eigenvalue weighted by atomic mass is 16.5. The molecule has 0 aliphatic rings. The number of rotatable bonds is 26. The fourth-order valence-corrected chi connectivity index (χ4v) is 4.70. The van der Waals surface area contributed by atoms with Crippen LogP contribution in [0.1, 0.15) is 182 Å². The molecule has 4 heteroatoms. The Bertz CT molecular complexity index is 449. The summed E-state index contributed by atoms with van der Waals surface area (Å²) in [6, 6.07) is 0. The van der Waals surface area contributed by atoms with Crippen molar-refractivity contribution >= 4 is 11.9 Å². The molecule has 0 saturated heterocycles. The van der Waals surface area contributed by atoms with Crippen molar-refractivity contribution < 1.29 is 19.4 Å². The lowest BCUT2D eigenvalue weighted by molar-refractivity contribution is -0.142. The summed E-state index contributed by atoms with van der Waals surface area (Å²) in [4.78, 5) is 20.8. The van der Waals surface area contributed by atoms with Crippen LogP contribution in [0.2, 0.25) is 0 Å². The molecule has 0 bridgehead atoms. The summed E-state index contributed by atoms with van der Waals surface area (Å²) in [7, 11) is 0. The van der Waals surface area contributed by atoms with Crippen molar-refractivity contribution in [1.82, 2.24) is 0 Å². The number of unbranched alkanes of at least 4 members (excludes halogenated alkanes) is 21. The van der Waals surface area contributed by atoms with Crippen molar-refractivity contribution in [3.8, 4) is 0 Å². The van der Waals surface area contributed by atoms with Gasteiger partial charge in [-0.2, -0.15) is 0 Å². The van der Waals surface area contributed by atoms with Crippen molar-refractivity contribution in [2.45, 2.75) is 182 Å². The highest BCUT2D eigenvalue weighted by Gasteiger charge is 2.13. The van der Waals surface area contributed by atoms with Gasteiger partial charge < -0.3 is 9.84 Å². The molecule has 0 radical (unpaired) electrons. The fourth-order valence-electron chi connectivity index (χ4n) is 4.70. The van der Waals surface area contributed by atoms with Crippen LogP contribution < -0.4 is 0 Å². The number of esters is 1. The Labute approximate surface area is 225 Å². The molecule has 1 unspecified atom stereocenters. The maximum absolute atomic E-state index is 11.0. The van der Waals surface area contributed by atoms with Gasteiger partial charge in [-0.05, 0) is 19.8 Å². The summed E-state index contributed by atoms with van der Waals surface area (Å²) < 4.78 is 4.40. The SMILES string of the molecule is CCCCCCCCCCCCCCCCCCCCCCCCC(CC)C(=O)O.CCOC(C)=O. The Morgan fingerprint density at radius 2 is 0.861 bits per heavy atom. The van der Waals surface area contributed by atoms with Crippen molar-refractivity contribution in [3.63, 3.8) is 0 Å². The monoisotopic (exact) mass is 512 g/mol. The fraction of sp³-hybridized carbons (Fsp3) is 0.938. The topological polar surface area (TPSA) is 63.6 Å². The predicted octanol–water partition coefficient (Wildman–Crippen LogP) is 10.7. The number of hydrogen-bond donors (Lipinski definition) is 1. The molecule has 36 heavy (non-hydrogen) atoms. The molecule has 0 rings (SSSR count). The van der Waals surface area contributed by atoms with E-state index < -0.39 is 5.97 Å². The largest absolute Gasteiger partial charge is 0.481 e. The smallest absolute Gasteiger partial charge is 0.306 e. The zero-order valence-electron chi connectivity index (χ0n) is 24.9. The quantitative estimate of drug-likeness (QED) is 0.0924. The third-order valence-corrected chi connectivity index (χ3v) is 7.10. The molecule has 0 spiro atoms. The zero-order chi connectivity index (χ0) is 27.1. The summed E-state index contributed by atoms with van der Waals surface area (Å²) in [6.07, 6.45) is 32.4. The van der Waals surface area contributed by atoms with E-state index in [9.17, 15) is 9.59 Å². The normalized spacial score (nSPS) is 11.6. The Balaban J connectivity index is 0. The second kappa shape index (κ2) is 32.0. The van der Waals surface area contributed by atoms with E-state index in [-0.39, 0.29) is 11.9 Å². The van der Waals surface area contributed by atoms with Crippen LogP contribution in [-0.4, -0.2) is 23.7 Å². The van der Waals surface area contributed by atoms with Crippen LogP contribution in [0, 0.1) is 5.92 Å². The van der Waals surface area contributed by atoms with Crippen LogP contribution >= 0.6 is 0 Å². The van der Waals surface area contributed by atoms with E-state index in [0.29, 0.717) is 6.61 Å². The highest BCUT2D eigenvalue weighted by Crippen LogP contribution is 2.17. The minimum atomic E-state index is -0.610. The molecule has 1 N–H and O–H groups in total. The number of carbonyl (C=O) groups is 2. The second-order valence-electron chi connectivity index (χ2n) is 10.6. The van der Waals surface area contributed by atoms with Gasteiger partial charge in [-0.15, -0.1) is 0 Å². The number of carboxylic acids is 1. The van der Waals surface area contributed by atoms with Crippen LogP contribution in [0.3, 0.4) is 0 Å². The average molecular weight is 513 g/mol. The summed E-state index contributed by atoms with van der Waals surface area (Å²) >= 11 is 0. The maximum atomic E-state index is 11.0. The first-order chi connectivity index (χ1) is 17.5. The lowest BCUT2D eigenvalue weighted by Crippen LogP contribution is -2.12. The molecular weight excluding hydrogens is 448 g/mol. The van der Waals surface area contributed by atoms with Gasteiger partial charge in [0.25, 0.3) is 0 Å². The average Bonchev–Trinajstić information content (AvgIpc) is 2.84. The molecule has 0 aliphatic carbocycles. The van der Waals surface area contributed by atoms with Crippen LogP contribution in [-0.2, 0) is 14.3 Å². The predicted molar refractivity (Wildman–Crippen MR) is 156 cm³/mol. The van der Waals surface area contributed by atoms with E-state index in [0.717, 1.165) is 19.3 Å². The van der Waals surface area contributed by atoms with E-state index in [2.05, 4.69) is 11.7 Å². The number of carboxylic acid groups (broad SMARTS) is 1. The third kappa shape index (κ3) is 32.9. The lowest BCUT2D eigenvalue weighted by Gasteiger charge is -2.08. The standard InChI is InChI=1S/C28H56O2.C4H8O2/c1-3-5-6-7-8-9-10-11-12-13-14-15-16-17-18-19-20-21-22-23-24-25-26-27(4-2)28(29)30;1-3-6-4(2)5/h27H,3-26H2,1-2H3,(H,29,30);3H2,1-2H3. The Morgan fingerprint density at radius 3 is 1.06 bits per heavy atom. The molecule has 0 aromatic heterocycles. The van der Waals surface area contributed by atoms with Gasteiger partial charge in [-0.25, -0.2) is 0 Å². The van der Waals surface area contributed by atoms with Gasteiger partial charge in [-0.1, -0.05) is 155 Å². The van der Waals surface area contributed by atoms with Crippen LogP contribution in [0.4, 0.5) is 0 Å². The van der Waals surface area contributed by atoms with Crippen LogP contribution in [0.5, 0.6) is 0 Å². The first kappa shape index (κ1) is 37.1. The Kier molecular flexibility index (Phi) is 32.9. The summed E-state index contributed by atoms with van der Waals surface area (Å²) in [5.41, 5.74) is 0. The van der Waals surface area contributed by atoms with E-state index in [4.69, 9.17) is 5.11 Å². The molecule has 0 aliphatic heterocycles. The number of ether oxygens (including phenoxy) is 1. The minimum Gasteiger partial charge on any atom is -0.481 e. The van der Waals surface area contributed by atoms with Gasteiger partial charge in [-0.3, -0.25) is 9.59 Å². The van der Waals surface area contributed by atoms with Crippen molar-refractivity contribution in [2.24, 2.45) is 5.92 Å². The van der Waals surface area contributed by atoms with Crippen LogP contribution in [0.25, 0.3) is 0 Å². The first-order valence-corrected chi connectivity index (χ1v) is 15.9. The lowest BCUT2D eigenvalue weighted by atomic mass is 9.98. The molecule has 0 fully saturated rings. The molecule has 216 valence electrons. The van der Waals surface area contributed by atoms with Crippen molar-refractivity contribution in [2.75, 3.05) is 6.61 Å². The Morgan fingerprint density at radius 1 is 0.556 bits per heavy atom. The maximum Gasteiger partial charge on any atom is 0.306 e. The molecule has 0 heterocycles. The number of carbonyl (C=O) groups excluding carboxylic acids is 1.